The molecule has 6 nitrogen and oxygen atoms in total. The number of hydrogen-bond acceptors (Lipinski definition) is 4. The van der Waals surface area contributed by atoms with Crippen LogP contribution in [-0.4, -0.2) is 49.5 Å². The van der Waals surface area contributed by atoms with Gasteiger partial charge in [-0.2, -0.15) is 0 Å². The second kappa shape index (κ2) is 7.79. The number of carbonyl (C=O) groups is 2. The third kappa shape index (κ3) is 4.73. The molecule has 0 saturated carbocycles. The van der Waals surface area contributed by atoms with Gasteiger partial charge in [-0.15, -0.1) is 0 Å². The quantitative estimate of drug-likeness (QED) is 0.792. The molecule has 22 heavy (non-hydrogen) atoms. The number of hydrogen-bond donors (Lipinski definition) is 2. The highest BCUT2D eigenvalue weighted by atomic mass is 16.5. The Hall–Kier alpha value is -2.08. The van der Waals surface area contributed by atoms with Gasteiger partial charge >= 0.3 is 0 Å². The largest absolute Gasteiger partial charge is 0.492 e. The summed E-state index contributed by atoms with van der Waals surface area (Å²) in [6.07, 6.45) is 1.49. The number of nitrogens with two attached hydrogens (primary N) is 1. The lowest BCUT2D eigenvalue weighted by Gasteiger charge is -2.30. The van der Waals surface area contributed by atoms with E-state index in [1.165, 1.54) is 0 Å². The number of rotatable bonds is 6. The van der Waals surface area contributed by atoms with Gasteiger partial charge < -0.3 is 20.7 Å². The number of amides is 2. The van der Waals surface area contributed by atoms with Crippen LogP contribution in [0.4, 0.5) is 0 Å². The Morgan fingerprint density at radius 2 is 2.32 bits per heavy atom. The minimum atomic E-state index is -0.0382. The molecule has 2 amide bonds. The van der Waals surface area contributed by atoms with E-state index in [1.807, 2.05) is 24.3 Å². The van der Waals surface area contributed by atoms with Crippen molar-refractivity contribution in [2.75, 3.05) is 26.7 Å². The number of likely N-dealkylation sites (tertiary alicyclic amines) is 1. The first-order chi connectivity index (χ1) is 10.6. The highest BCUT2D eigenvalue weighted by molar-refractivity contribution is 5.80. The predicted octanol–water partition coefficient (Wildman–Crippen LogP) is 0.304. The molecule has 0 aliphatic carbocycles. The van der Waals surface area contributed by atoms with Crippen molar-refractivity contribution in [2.24, 2.45) is 5.73 Å². The van der Waals surface area contributed by atoms with Gasteiger partial charge in [-0.05, 0) is 24.1 Å². The molecular formula is C16H23N3O3. The second-order valence-electron chi connectivity index (χ2n) is 5.54. The number of likely N-dealkylation sites (N-methyl/N-ethyl adjacent to an activating group) is 1. The van der Waals surface area contributed by atoms with Gasteiger partial charge in [0.05, 0.1) is 6.42 Å². The smallest absolute Gasteiger partial charge is 0.224 e. The Kier molecular flexibility index (Phi) is 5.77. The molecule has 0 aromatic heterocycles. The summed E-state index contributed by atoms with van der Waals surface area (Å²) in [4.78, 5) is 25.2. The van der Waals surface area contributed by atoms with Crippen molar-refractivity contribution < 1.29 is 14.3 Å². The Bertz CT molecular complexity index is 533. The van der Waals surface area contributed by atoms with Crippen LogP contribution in [0.3, 0.4) is 0 Å². The highest BCUT2D eigenvalue weighted by Crippen LogP contribution is 2.14. The summed E-state index contributed by atoms with van der Waals surface area (Å²) in [5, 5.41) is 2.99. The number of benzene rings is 1. The molecule has 0 spiro atoms. The molecule has 1 unspecified atom stereocenters. The Labute approximate surface area is 130 Å². The molecule has 1 saturated heterocycles. The zero-order chi connectivity index (χ0) is 15.9. The lowest BCUT2D eigenvalue weighted by atomic mass is 10.0. The number of ether oxygens (including phenoxy) is 1. The molecule has 1 aliphatic heterocycles. The van der Waals surface area contributed by atoms with Crippen LogP contribution in [0, 0.1) is 0 Å². The van der Waals surface area contributed by atoms with E-state index in [-0.39, 0.29) is 17.9 Å². The van der Waals surface area contributed by atoms with Gasteiger partial charge in [0, 0.05) is 32.6 Å². The molecule has 0 bridgehead atoms. The van der Waals surface area contributed by atoms with Crippen LogP contribution < -0.4 is 15.8 Å². The maximum atomic E-state index is 12.1. The van der Waals surface area contributed by atoms with E-state index < -0.39 is 0 Å². The lowest BCUT2D eigenvalue weighted by Crippen LogP contribution is -2.48. The van der Waals surface area contributed by atoms with Crippen LogP contribution >= 0.6 is 0 Å². The van der Waals surface area contributed by atoms with Crippen LogP contribution in [-0.2, 0) is 16.0 Å². The SMILES string of the molecule is CN1CC(NC(=O)Cc2cccc(OCCN)c2)CCC1=O. The van der Waals surface area contributed by atoms with E-state index in [4.69, 9.17) is 10.5 Å². The van der Waals surface area contributed by atoms with Gasteiger partial charge in [0.15, 0.2) is 0 Å². The van der Waals surface area contributed by atoms with Gasteiger partial charge in [0.2, 0.25) is 11.8 Å². The molecule has 1 heterocycles. The third-order valence-corrected chi connectivity index (χ3v) is 3.64. The molecule has 1 fully saturated rings. The first-order valence-electron chi connectivity index (χ1n) is 7.53. The molecule has 6 heteroatoms. The van der Waals surface area contributed by atoms with Gasteiger partial charge in [0.1, 0.15) is 12.4 Å². The highest BCUT2D eigenvalue weighted by Gasteiger charge is 2.23. The molecule has 1 atom stereocenters. The van der Waals surface area contributed by atoms with E-state index in [0.717, 1.165) is 11.3 Å². The zero-order valence-electron chi connectivity index (χ0n) is 12.9. The van der Waals surface area contributed by atoms with Crippen LogP contribution in [0.15, 0.2) is 24.3 Å². The fraction of sp³-hybridized carbons (Fsp3) is 0.500. The fourth-order valence-corrected chi connectivity index (χ4v) is 2.52. The first kappa shape index (κ1) is 16.3. The number of piperidine rings is 1. The summed E-state index contributed by atoms with van der Waals surface area (Å²) < 4.78 is 5.45. The summed E-state index contributed by atoms with van der Waals surface area (Å²) in [7, 11) is 1.76. The summed E-state index contributed by atoms with van der Waals surface area (Å²) in [5.41, 5.74) is 6.30. The van der Waals surface area contributed by atoms with E-state index in [2.05, 4.69) is 5.32 Å². The van der Waals surface area contributed by atoms with Crippen molar-refractivity contribution in [3.63, 3.8) is 0 Å². The second-order valence-corrected chi connectivity index (χ2v) is 5.54. The van der Waals surface area contributed by atoms with Crippen molar-refractivity contribution >= 4 is 11.8 Å². The van der Waals surface area contributed by atoms with Crippen LogP contribution in [0.25, 0.3) is 0 Å². The molecule has 0 radical (unpaired) electrons. The van der Waals surface area contributed by atoms with Crippen molar-refractivity contribution in [2.45, 2.75) is 25.3 Å². The third-order valence-electron chi connectivity index (χ3n) is 3.64. The number of nitrogens with one attached hydrogen (secondary N) is 1. The molecule has 1 aliphatic rings. The minimum Gasteiger partial charge on any atom is -0.492 e. The van der Waals surface area contributed by atoms with Gasteiger partial charge in [-0.3, -0.25) is 9.59 Å². The monoisotopic (exact) mass is 305 g/mol. The Morgan fingerprint density at radius 3 is 3.05 bits per heavy atom. The van der Waals surface area contributed by atoms with Crippen molar-refractivity contribution in [1.29, 1.82) is 0 Å². The Morgan fingerprint density at radius 1 is 1.50 bits per heavy atom. The average molecular weight is 305 g/mol. The molecule has 120 valence electrons. The zero-order valence-corrected chi connectivity index (χ0v) is 12.9. The predicted molar refractivity (Wildman–Crippen MR) is 83.5 cm³/mol. The van der Waals surface area contributed by atoms with E-state index >= 15 is 0 Å². The van der Waals surface area contributed by atoms with Gasteiger partial charge in [-0.25, -0.2) is 0 Å². The van der Waals surface area contributed by atoms with Crippen LogP contribution in [0.1, 0.15) is 18.4 Å². The molecule has 2 rings (SSSR count). The first-order valence-corrected chi connectivity index (χ1v) is 7.53. The van der Waals surface area contributed by atoms with Crippen molar-refractivity contribution in [3.05, 3.63) is 29.8 Å². The summed E-state index contributed by atoms with van der Waals surface area (Å²) in [6.45, 7) is 1.49. The minimum absolute atomic E-state index is 0.0341. The summed E-state index contributed by atoms with van der Waals surface area (Å²) >= 11 is 0. The molecule has 1 aromatic rings. The number of carbonyl (C=O) groups excluding carboxylic acids is 2. The van der Waals surface area contributed by atoms with Gasteiger partial charge in [-0.1, -0.05) is 12.1 Å². The average Bonchev–Trinajstić information content (AvgIpc) is 2.49. The summed E-state index contributed by atoms with van der Waals surface area (Å²) in [6, 6.07) is 7.49. The summed E-state index contributed by atoms with van der Waals surface area (Å²) in [5.74, 6) is 0.817. The molecular weight excluding hydrogens is 282 g/mol. The molecule has 3 N–H and O–H groups in total. The Balaban J connectivity index is 1.85. The van der Waals surface area contributed by atoms with Gasteiger partial charge in [0.25, 0.3) is 0 Å². The maximum absolute atomic E-state index is 12.1. The normalized spacial score (nSPS) is 18.2. The van der Waals surface area contributed by atoms with Crippen molar-refractivity contribution in [3.8, 4) is 5.75 Å². The maximum Gasteiger partial charge on any atom is 0.224 e. The molecule has 1 aromatic carbocycles. The van der Waals surface area contributed by atoms with E-state index in [9.17, 15) is 9.59 Å². The lowest BCUT2D eigenvalue weighted by molar-refractivity contribution is -0.133. The van der Waals surface area contributed by atoms with Crippen LogP contribution in [0.5, 0.6) is 5.75 Å². The topological polar surface area (TPSA) is 84.7 Å². The van der Waals surface area contributed by atoms with E-state index in [0.29, 0.717) is 39.0 Å². The van der Waals surface area contributed by atoms with Crippen molar-refractivity contribution in [1.82, 2.24) is 10.2 Å². The fourth-order valence-electron chi connectivity index (χ4n) is 2.52. The standard InChI is InChI=1S/C16H23N3O3/c1-19-11-13(5-6-16(19)21)18-15(20)10-12-3-2-4-14(9-12)22-8-7-17/h2-4,9,13H,5-8,10-11,17H2,1H3,(H,18,20). The number of nitrogens with zero attached hydrogens (tertiary/aromatic N) is 1. The van der Waals surface area contributed by atoms with Crippen LogP contribution in [0.2, 0.25) is 0 Å². The van der Waals surface area contributed by atoms with E-state index in [1.54, 1.807) is 11.9 Å².